The topological polar surface area (TPSA) is 9.23 Å². The van der Waals surface area contributed by atoms with Crippen LogP contribution in [0.15, 0.2) is 11.8 Å². The molecule has 1 saturated carbocycles. The van der Waals surface area contributed by atoms with Crippen LogP contribution in [0, 0.1) is 5.92 Å². The van der Waals surface area contributed by atoms with Gasteiger partial charge in [-0.3, -0.25) is 0 Å². The van der Waals surface area contributed by atoms with Gasteiger partial charge in [-0.05, 0) is 62.9 Å². The summed E-state index contributed by atoms with van der Waals surface area (Å²) in [5, 5.41) is 1.98. The molecule has 2 bridgehead atoms. The van der Waals surface area contributed by atoms with Gasteiger partial charge < -0.3 is 4.74 Å². The van der Waals surface area contributed by atoms with Gasteiger partial charge in [-0.1, -0.05) is 0 Å². The summed E-state index contributed by atoms with van der Waals surface area (Å²) < 4.78 is 5.72. The van der Waals surface area contributed by atoms with Gasteiger partial charge in [0.15, 0.2) is 0 Å². The molecule has 0 amide bonds. The Hall–Kier alpha value is -0.110. The Morgan fingerprint density at radius 3 is 2.81 bits per heavy atom. The first-order valence-corrected chi connectivity index (χ1v) is 7.81. The minimum atomic E-state index is 0.956. The van der Waals surface area contributed by atoms with Crippen molar-refractivity contribution >= 4 is 11.8 Å². The molecule has 3 atom stereocenters. The average molecular weight is 238 g/mol. The fourth-order valence-corrected chi connectivity index (χ4v) is 5.26. The van der Waals surface area contributed by atoms with Crippen molar-refractivity contribution in [3.8, 4) is 0 Å². The molecule has 2 aliphatic heterocycles. The van der Waals surface area contributed by atoms with Gasteiger partial charge >= 0.3 is 0 Å². The lowest BCUT2D eigenvalue weighted by Crippen LogP contribution is -2.17. The molecule has 0 spiro atoms. The van der Waals surface area contributed by atoms with Gasteiger partial charge in [0.2, 0.25) is 0 Å². The minimum absolute atomic E-state index is 0.956. The molecule has 90 valence electrons. The second kappa shape index (κ2) is 5.03. The molecule has 1 aliphatic carbocycles. The first-order chi connectivity index (χ1) is 7.92. The van der Waals surface area contributed by atoms with Gasteiger partial charge in [0, 0.05) is 10.5 Å². The van der Waals surface area contributed by atoms with Crippen LogP contribution in [-0.4, -0.2) is 17.1 Å². The van der Waals surface area contributed by atoms with Crippen molar-refractivity contribution in [2.45, 2.75) is 61.9 Å². The highest BCUT2D eigenvalue weighted by Gasteiger charge is 2.39. The third-order valence-electron chi connectivity index (χ3n) is 4.33. The summed E-state index contributed by atoms with van der Waals surface area (Å²) >= 11 is 2.25. The number of fused-ring (bicyclic) bond motifs is 2. The zero-order valence-corrected chi connectivity index (χ0v) is 10.8. The summed E-state index contributed by atoms with van der Waals surface area (Å²) in [6.07, 6.45) is 13.1. The summed E-state index contributed by atoms with van der Waals surface area (Å²) in [6, 6.07) is 0. The lowest BCUT2D eigenvalue weighted by Gasteiger charge is -2.19. The largest absolute Gasteiger partial charge is 0.501 e. The number of thioether (sulfide) groups is 1. The highest BCUT2D eigenvalue weighted by atomic mass is 32.2. The van der Waals surface area contributed by atoms with Crippen molar-refractivity contribution in [3.63, 3.8) is 0 Å². The van der Waals surface area contributed by atoms with E-state index in [1.807, 2.05) is 0 Å². The van der Waals surface area contributed by atoms with Crippen molar-refractivity contribution < 1.29 is 4.74 Å². The van der Waals surface area contributed by atoms with E-state index in [0.717, 1.165) is 23.0 Å². The zero-order valence-electron chi connectivity index (χ0n) is 9.99. The Bertz CT molecular complexity index is 266. The SMILES string of the molecule is C(OCCC1CC2CCC1S2)=C1CCCC1. The second-order valence-electron chi connectivity index (χ2n) is 5.51. The normalized spacial score (nSPS) is 37.0. The van der Waals surface area contributed by atoms with Crippen LogP contribution < -0.4 is 0 Å². The van der Waals surface area contributed by atoms with Crippen molar-refractivity contribution in [2.75, 3.05) is 6.61 Å². The van der Waals surface area contributed by atoms with E-state index in [1.54, 1.807) is 5.57 Å². The lowest BCUT2D eigenvalue weighted by atomic mass is 9.87. The van der Waals surface area contributed by atoms with Gasteiger partial charge in [0.1, 0.15) is 0 Å². The predicted octanol–water partition coefficient (Wildman–Crippen LogP) is 4.14. The summed E-state index contributed by atoms with van der Waals surface area (Å²) in [5.41, 5.74) is 1.54. The van der Waals surface area contributed by atoms with Gasteiger partial charge in [-0.25, -0.2) is 0 Å². The molecule has 0 N–H and O–H groups in total. The monoisotopic (exact) mass is 238 g/mol. The van der Waals surface area contributed by atoms with Crippen LogP contribution in [0.5, 0.6) is 0 Å². The van der Waals surface area contributed by atoms with Crippen LogP contribution in [0.1, 0.15) is 51.4 Å². The Balaban J connectivity index is 1.36. The predicted molar refractivity (Wildman–Crippen MR) is 69.6 cm³/mol. The van der Waals surface area contributed by atoms with Crippen LogP contribution in [0.25, 0.3) is 0 Å². The molecule has 0 aromatic rings. The van der Waals surface area contributed by atoms with Crippen LogP contribution in [-0.2, 0) is 4.74 Å². The highest BCUT2D eigenvalue weighted by molar-refractivity contribution is 8.01. The molecular formula is C14H22OS. The summed E-state index contributed by atoms with van der Waals surface area (Å²) in [4.78, 5) is 0. The second-order valence-corrected chi connectivity index (χ2v) is 7.06. The zero-order chi connectivity index (χ0) is 10.8. The van der Waals surface area contributed by atoms with E-state index in [1.165, 1.54) is 51.4 Å². The van der Waals surface area contributed by atoms with Gasteiger partial charge in [0.05, 0.1) is 12.9 Å². The van der Waals surface area contributed by atoms with Crippen molar-refractivity contribution in [3.05, 3.63) is 11.8 Å². The van der Waals surface area contributed by atoms with Crippen LogP contribution >= 0.6 is 11.8 Å². The number of allylic oxidation sites excluding steroid dienone is 1. The smallest absolute Gasteiger partial charge is 0.0876 e. The first kappa shape index (κ1) is 11.0. The van der Waals surface area contributed by atoms with Gasteiger partial charge in [-0.15, -0.1) is 0 Å². The third kappa shape index (κ3) is 2.42. The van der Waals surface area contributed by atoms with Crippen molar-refractivity contribution in [2.24, 2.45) is 5.92 Å². The maximum Gasteiger partial charge on any atom is 0.0876 e. The number of hydrogen-bond acceptors (Lipinski definition) is 2. The van der Waals surface area contributed by atoms with Gasteiger partial charge in [-0.2, -0.15) is 11.8 Å². The molecule has 3 unspecified atom stereocenters. The molecule has 3 fully saturated rings. The molecule has 2 heterocycles. The fourth-order valence-electron chi connectivity index (χ4n) is 3.39. The average Bonchev–Trinajstić information content (AvgIpc) is 3.01. The Labute approximate surface area is 103 Å². The van der Waals surface area contributed by atoms with Crippen molar-refractivity contribution in [1.29, 1.82) is 0 Å². The summed E-state index contributed by atoms with van der Waals surface area (Å²) in [6.45, 7) is 0.956. The van der Waals surface area contributed by atoms with E-state index < -0.39 is 0 Å². The molecule has 3 rings (SSSR count). The van der Waals surface area contributed by atoms with E-state index in [2.05, 4.69) is 18.0 Å². The Morgan fingerprint density at radius 1 is 1.25 bits per heavy atom. The summed E-state index contributed by atoms with van der Waals surface area (Å²) in [7, 11) is 0. The fraction of sp³-hybridized carbons (Fsp3) is 0.857. The summed E-state index contributed by atoms with van der Waals surface area (Å²) in [5.74, 6) is 0.964. The molecule has 1 nitrogen and oxygen atoms in total. The minimum Gasteiger partial charge on any atom is -0.501 e. The molecule has 2 heteroatoms. The molecule has 0 aromatic heterocycles. The van der Waals surface area contributed by atoms with E-state index in [4.69, 9.17) is 4.74 Å². The van der Waals surface area contributed by atoms with Gasteiger partial charge in [0.25, 0.3) is 0 Å². The molecule has 16 heavy (non-hydrogen) atoms. The van der Waals surface area contributed by atoms with Crippen molar-refractivity contribution in [1.82, 2.24) is 0 Å². The number of ether oxygens (including phenoxy) is 1. The molecular weight excluding hydrogens is 216 g/mol. The maximum atomic E-state index is 5.72. The van der Waals surface area contributed by atoms with Crippen LogP contribution in [0.3, 0.4) is 0 Å². The Kier molecular flexibility index (Phi) is 3.46. The molecule has 0 aromatic carbocycles. The first-order valence-electron chi connectivity index (χ1n) is 6.87. The lowest BCUT2D eigenvalue weighted by molar-refractivity contribution is 0.210. The van der Waals surface area contributed by atoms with Crippen LogP contribution in [0.4, 0.5) is 0 Å². The third-order valence-corrected chi connectivity index (χ3v) is 6.12. The van der Waals surface area contributed by atoms with E-state index in [-0.39, 0.29) is 0 Å². The quantitative estimate of drug-likeness (QED) is 0.538. The number of rotatable bonds is 4. The molecule has 0 radical (unpaired) electrons. The van der Waals surface area contributed by atoms with E-state index >= 15 is 0 Å². The Morgan fingerprint density at radius 2 is 2.12 bits per heavy atom. The molecule has 2 saturated heterocycles. The van der Waals surface area contributed by atoms with E-state index in [9.17, 15) is 0 Å². The number of hydrogen-bond donors (Lipinski definition) is 0. The highest BCUT2D eigenvalue weighted by Crippen LogP contribution is 2.50. The maximum absolute atomic E-state index is 5.72. The van der Waals surface area contributed by atoms with Crippen LogP contribution in [0.2, 0.25) is 0 Å². The molecule has 3 aliphatic rings. The van der Waals surface area contributed by atoms with E-state index in [0.29, 0.717) is 0 Å². The standard InChI is InChI=1S/C14H22OS/c1-2-4-11(3-1)10-15-8-7-12-9-13-5-6-14(12)16-13/h10,12-14H,1-9H2.